The Morgan fingerprint density at radius 2 is 1.74 bits per heavy atom. The average Bonchev–Trinajstić information content (AvgIpc) is 3.66. The van der Waals surface area contributed by atoms with Crippen molar-refractivity contribution in [3.05, 3.63) is 88.1 Å². The van der Waals surface area contributed by atoms with Gasteiger partial charge in [-0.3, -0.25) is 14.3 Å². The van der Waals surface area contributed by atoms with Crippen LogP contribution in [0.4, 0.5) is 36.4 Å². The molecule has 16 heteroatoms. The summed E-state index contributed by atoms with van der Waals surface area (Å²) in [5.74, 6) is -2.50. The third kappa shape index (κ3) is 5.57. The molecule has 0 unspecified atom stereocenters. The van der Waals surface area contributed by atoms with E-state index in [0.717, 1.165) is 12.1 Å². The topological polar surface area (TPSA) is 116 Å². The van der Waals surface area contributed by atoms with Crippen molar-refractivity contribution in [2.75, 3.05) is 5.32 Å². The molecule has 8 nitrogen and oxygen atoms in total. The molecule has 0 atom stereocenters. The Hall–Kier alpha value is -4.73. The Morgan fingerprint density at radius 3 is 2.36 bits per heavy atom. The molecule has 42 heavy (non-hydrogen) atoms. The van der Waals surface area contributed by atoms with Gasteiger partial charge in [0.2, 0.25) is 0 Å². The van der Waals surface area contributed by atoms with Crippen LogP contribution in [-0.2, 0) is 12.7 Å². The lowest BCUT2D eigenvalue weighted by Crippen LogP contribution is -2.16. The highest BCUT2D eigenvalue weighted by Crippen LogP contribution is 2.43. The van der Waals surface area contributed by atoms with Crippen molar-refractivity contribution in [2.45, 2.75) is 25.6 Å². The molecular formula is C26H16F7N5O3S. The summed E-state index contributed by atoms with van der Waals surface area (Å²) in [7, 11) is 0. The highest BCUT2D eigenvalue weighted by Gasteiger charge is 2.35. The Kier molecular flexibility index (Phi) is 7.49. The molecule has 3 N–H and O–H groups in total. The summed E-state index contributed by atoms with van der Waals surface area (Å²) in [6.07, 6.45) is -11.0. The van der Waals surface area contributed by atoms with Gasteiger partial charge in [0.05, 0.1) is 12.2 Å². The number of pyridine rings is 1. The quantitative estimate of drug-likeness (QED) is 0.183. The molecular weight excluding hydrogens is 595 g/mol. The van der Waals surface area contributed by atoms with Gasteiger partial charge in [0.1, 0.15) is 32.5 Å². The molecule has 0 aliphatic carbocycles. The first-order chi connectivity index (χ1) is 19.8. The minimum Gasteiger partial charge on any atom is -0.454 e. The SMILES string of the molecule is NC(=O)c1sc2nc(C(F)(F)F)cc(-c3ccccc3)c2c1NC(=O)c1ccc(Cn2nc(C(F)F)cc2C(F)F)o1. The Bertz CT molecular complexity index is 1800. The van der Waals surface area contributed by atoms with Gasteiger partial charge in [0.15, 0.2) is 5.76 Å². The van der Waals surface area contributed by atoms with Gasteiger partial charge in [-0.05, 0) is 35.4 Å². The number of thiophene rings is 1. The molecule has 0 aliphatic heterocycles. The van der Waals surface area contributed by atoms with Gasteiger partial charge in [-0.15, -0.1) is 11.3 Å². The molecule has 2 amide bonds. The fraction of sp³-hybridized carbons (Fsp3) is 0.154. The van der Waals surface area contributed by atoms with Gasteiger partial charge in [0, 0.05) is 5.39 Å². The molecule has 218 valence electrons. The smallest absolute Gasteiger partial charge is 0.433 e. The van der Waals surface area contributed by atoms with E-state index in [1.54, 1.807) is 18.2 Å². The van der Waals surface area contributed by atoms with Crippen LogP contribution in [0.1, 0.15) is 55.9 Å². The number of nitrogens with two attached hydrogens (primary N) is 1. The lowest BCUT2D eigenvalue weighted by Gasteiger charge is -2.12. The average molecular weight is 611 g/mol. The molecule has 0 radical (unpaired) electrons. The molecule has 4 heterocycles. The van der Waals surface area contributed by atoms with Crippen LogP contribution in [0.2, 0.25) is 0 Å². The second-order valence-corrected chi connectivity index (χ2v) is 9.74. The number of carbonyl (C=O) groups is 2. The standard InChI is InChI=1S/C26H16F7N5O3S/c27-21(28)14-9-15(22(29)30)38(37-14)10-12-6-7-16(41-12)24(40)36-19-18-13(11-4-2-1-3-5-11)8-17(26(31,32)33)35-25(18)42-20(19)23(34)39/h1-9,21-22H,10H2,(H2,34,39)(H,36,40). The van der Waals surface area contributed by atoms with Gasteiger partial charge in [-0.25, -0.2) is 22.5 Å². The zero-order chi connectivity index (χ0) is 30.3. The second-order valence-electron chi connectivity index (χ2n) is 8.74. The summed E-state index contributed by atoms with van der Waals surface area (Å²) < 4.78 is 99.6. The highest BCUT2D eigenvalue weighted by molar-refractivity contribution is 7.21. The van der Waals surface area contributed by atoms with Crippen molar-refractivity contribution in [1.29, 1.82) is 0 Å². The van der Waals surface area contributed by atoms with Crippen LogP contribution < -0.4 is 11.1 Å². The maximum absolute atomic E-state index is 13.7. The molecule has 0 saturated heterocycles. The Balaban J connectivity index is 1.53. The van der Waals surface area contributed by atoms with Gasteiger partial charge in [-0.1, -0.05) is 30.3 Å². The van der Waals surface area contributed by atoms with Crippen molar-refractivity contribution in [3.63, 3.8) is 0 Å². The van der Waals surface area contributed by atoms with Crippen molar-refractivity contribution < 1.29 is 44.7 Å². The number of carbonyl (C=O) groups excluding carboxylic acids is 2. The van der Waals surface area contributed by atoms with E-state index in [1.165, 1.54) is 18.2 Å². The minimum atomic E-state index is -4.82. The van der Waals surface area contributed by atoms with Gasteiger partial charge in [0.25, 0.3) is 24.7 Å². The Morgan fingerprint density at radius 1 is 1.02 bits per heavy atom. The number of nitrogens with zero attached hydrogens (tertiary/aromatic N) is 3. The van der Waals surface area contributed by atoms with Crippen LogP contribution in [0.3, 0.4) is 0 Å². The number of nitrogens with one attached hydrogen (secondary N) is 1. The van der Waals surface area contributed by atoms with Crippen LogP contribution in [0.5, 0.6) is 0 Å². The van der Waals surface area contributed by atoms with E-state index in [0.29, 0.717) is 27.6 Å². The molecule has 0 spiro atoms. The van der Waals surface area contributed by atoms with Gasteiger partial charge >= 0.3 is 6.18 Å². The first kappa shape index (κ1) is 28.8. The van der Waals surface area contributed by atoms with E-state index in [9.17, 15) is 40.3 Å². The van der Waals surface area contributed by atoms with E-state index in [1.807, 2.05) is 0 Å². The van der Waals surface area contributed by atoms with Crippen LogP contribution in [0.25, 0.3) is 21.3 Å². The van der Waals surface area contributed by atoms with E-state index in [4.69, 9.17) is 10.2 Å². The number of furan rings is 1. The number of hydrogen-bond donors (Lipinski definition) is 2. The third-order valence-electron chi connectivity index (χ3n) is 5.97. The summed E-state index contributed by atoms with van der Waals surface area (Å²) >= 11 is 0.549. The van der Waals surface area contributed by atoms with Crippen LogP contribution in [-0.4, -0.2) is 26.6 Å². The monoisotopic (exact) mass is 611 g/mol. The van der Waals surface area contributed by atoms with Crippen molar-refractivity contribution in [3.8, 4) is 11.1 Å². The number of amides is 2. The highest BCUT2D eigenvalue weighted by atomic mass is 32.1. The molecule has 5 rings (SSSR count). The lowest BCUT2D eigenvalue weighted by atomic mass is 10.0. The summed E-state index contributed by atoms with van der Waals surface area (Å²) in [6, 6.07) is 11.6. The summed E-state index contributed by atoms with van der Waals surface area (Å²) in [6.45, 7) is -0.518. The maximum Gasteiger partial charge on any atom is 0.433 e. The van der Waals surface area contributed by atoms with Crippen LogP contribution in [0, 0.1) is 0 Å². The number of benzene rings is 1. The molecule has 0 saturated carbocycles. The minimum absolute atomic E-state index is 0.0140. The van der Waals surface area contributed by atoms with E-state index in [-0.39, 0.29) is 37.9 Å². The van der Waals surface area contributed by atoms with Crippen molar-refractivity contribution in [1.82, 2.24) is 14.8 Å². The largest absolute Gasteiger partial charge is 0.454 e. The molecule has 0 bridgehead atoms. The van der Waals surface area contributed by atoms with Crippen molar-refractivity contribution in [2.24, 2.45) is 5.73 Å². The normalized spacial score (nSPS) is 12.0. The summed E-state index contributed by atoms with van der Waals surface area (Å²) in [5.41, 5.74) is 2.73. The molecule has 1 aromatic carbocycles. The number of hydrogen-bond acceptors (Lipinski definition) is 6. The fourth-order valence-corrected chi connectivity index (χ4v) is 5.16. The summed E-state index contributed by atoms with van der Waals surface area (Å²) in [4.78, 5) is 28.6. The number of alkyl halides is 7. The predicted molar refractivity (Wildman–Crippen MR) is 136 cm³/mol. The number of primary amides is 1. The summed E-state index contributed by atoms with van der Waals surface area (Å²) in [5, 5.41) is 5.92. The van der Waals surface area contributed by atoms with Gasteiger partial charge in [-0.2, -0.15) is 18.3 Å². The fourth-order valence-electron chi connectivity index (χ4n) is 4.15. The number of rotatable bonds is 8. The number of halogens is 7. The van der Waals surface area contributed by atoms with Crippen molar-refractivity contribution >= 4 is 39.1 Å². The van der Waals surface area contributed by atoms with E-state index in [2.05, 4.69) is 15.4 Å². The van der Waals surface area contributed by atoms with E-state index >= 15 is 0 Å². The second kappa shape index (κ2) is 10.9. The lowest BCUT2D eigenvalue weighted by molar-refractivity contribution is -0.140. The van der Waals surface area contributed by atoms with E-state index < -0.39 is 54.5 Å². The first-order valence-electron chi connectivity index (χ1n) is 11.8. The molecule has 0 fully saturated rings. The van der Waals surface area contributed by atoms with Gasteiger partial charge < -0.3 is 15.5 Å². The van der Waals surface area contributed by atoms with Crippen LogP contribution >= 0.6 is 11.3 Å². The zero-order valence-electron chi connectivity index (χ0n) is 20.8. The predicted octanol–water partition coefficient (Wildman–Crippen LogP) is 7.05. The zero-order valence-corrected chi connectivity index (χ0v) is 21.6. The first-order valence-corrected chi connectivity index (χ1v) is 12.6. The molecule has 0 aliphatic rings. The number of aromatic nitrogens is 3. The molecule has 5 aromatic rings. The maximum atomic E-state index is 13.7. The molecule has 4 aromatic heterocycles. The number of anilines is 1. The Labute approximate surface area is 234 Å². The number of fused-ring (bicyclic) bond motifs is 1. The third-order valence-corrected chi connectivity index (χ3v) is 7.07. The van der Waals surface area contributed by atoms with Crippen LogP contribution in [0.15, 0.2) is 59.0 Å².